The number of halogens is 1. The summed E-state index contributed by atoms with van der Waals surface area (Å²) in [6.07, 6.45) is 0.915. The summed E-state index contributed by atoms with van der Waals surface area (Å²) >= 11 is 3.56. The highest BCUT2D eigenvalue weighted by atomic mass is 79.9. The first-order valence-electron chi connectivity index (χ1n) is 6.70. The first kappa shape index (κ1) is 13.3. The second-order valence-electron chi connectivity index (χ2n) is 4.67. The van der Waals surface area contributed by atoms with E-state index in [2.05, 4.69) is 39.4 Å². The molecule has 104 valence electrons. The first-order chi connectivity index (χ1) is 9.83. The van der Waals surface area contributed by atoms with Crippen LogP contribution in [0, 0.1) is 0 Å². The normalized spacial score (nSPS) is 13.7. The quantitative estimate of drug-likeness (QED) is 0.912. The fourth-order valence-corrected chi connectivity index (χ4v) is 2.75. The summed E-state index contributed by atoms with van der Waals surface area (Å²) in [7, 11) is 0. The van der Waals surface area contributed by atoms with E-state index in [-0.39, 0.29) is 0 Å². The number of ether oxygens (including phenoxy) is 2. The zero-order chi connectivity index (χ0) is 13.8. The Labute approximate surface area is 127 Å². The molecule has 4 heteroatoms. The summed E-state index contributed by atoms with van der Waals surface area (Å²) < 4.78 is 12.4. The maximum Gasteiger partial charge on any atom is 0.175 e. The number of anilines is 1. The van der Waals surface area contributed by atoms with Gasteiger partial charge in [0.25, 0.3) is 0 Å². The third-order valence-electron chi connectivity index (χ3n) is 3.13. The van der Waals surface area contributed by atoms with Gasteiger partial charge in [-0.05, 0) is 45.8 Å². The topological polar surface area (TPSA) is 30.5 Å². The van der Waals surface area contributed by atoms with Gasteiger partial charge in [0, 0.05) is 18.7 Å². The van der Waals surface area contributed by atoms with E-state index in [1.807, 2.05) is 24.3 Å². The van der Waals surface area contributed by atoms with Crippen molar-refractivity contribution in [3.05, 3.63) is 52.5 Å². The van der Waals surface area contributed by atoms with Gasteiger partial charge in [0.05, 0.1) is 17.7 Å². The molecule has 1 heterocycles. The molecule has 20 heavy (non-hydrogen) atoms. The molecule has 0 spiro atoms. The zero-order valence-corrected chi connectivity index (χ0v) is 12.7. The van der Waals surface area contributed by atoms with Crippen LogP contribution in [0.25, 0.3) is 0 Å². The van der Waals surface area contributed by atoms with E-state index >= 15 is 0 Å². The van der Waals surface area contributed by atoms with E-state index in [1.165, 1.54) is 0 Å². The van der Waals surface area contributed by atoms with E-state index in [0.717, 1.165) is 40.2 Å². The Bertz CT molecular complexity index is 587. The van der Waals surface area contributed by atoms with Crippen LogP contribution in [0.4, 0.5) is 5.69 Å². The van der Waals surface area contributed by atoms with Gasteiger partial charge in [0.15, 0.2) is 11.5 Å². The molecule has 1 aliphatic rings. The van der Waals surface area contributed by atoms with Crippen LogP contribution in [0.3, 0.4) is 0 Å². The molecule has 3 nitrogen and oxygen atoms in total. The summed E-state index contributed by atoms with van der Waals surface area (Å²) in [5.74, 6) is 1.63. The number of hydrogen-bond donors (Lipinski definition) is 1. The van der Waals surface area contributed by atoms with Gasteiger partial charge in [-0.15, -0.1) is 0 Å². The molecule has 0 aliphatic carbocycles. The lowest BCUT2D eigenvalue weighted by atomic mass is 10.2. The summed E-state index contributed by atoms with van der Waals surface area (Å²) in [4.78, 5) is 0. The van der Waals surface area contributed by atoms with Crippen LogP contribution in [-0.4, -0.2) is 13.2 Å². The molecule has 0 bridgehead atoms. The number of fused-ring (bicyclic) bond motifs is 1. The highest BCUT2D eigenvalue weighted by molar-refractivity contribution is 9.10. The molecular formula is C16H16BrNO2. The second kappa shape index (κ2) is 6.18. The van der Waals surface area contributed by atoms with Crippen molar-refractivity contribution in [2.24, 2.45) is 0 Å². The molecule has 0 radical (unpaired) electrons. The minimum atomic E-state index is 0.702. The van der Waals surface area contributed by atoms with Gasteiger partial charge in [-0.25, -0.2) is 0 Å². The van der Waals surface area contributed by atoms with Crippen molar-refractivity contribution in [3.8, 4) is 11.5 Å². The van der Waals surface area contributed by atoms with Crippen molar-refractivity contribution in [1.82, 2.24) is 0 Å². The van der Waals surface area contributed by atoms with Crippen LogP contribution in [0.2, 0.25) is 0 Å². The lowest BCUT2D eigenvalue weighted by Crippen LogP contribution is -2.01. The molecule has 2 aromatic carbocycles. The number of rotatable bonds is 3. The third kappa shape index (κ3) is 3.07. The molecule has 3 rings (SSSR count). The maximum atomic E-state index is 5.74. The minimum absolute atomic E-state index is 0.702. The van der Waals surface area contributed by atoms with Crippen molar-refractivity contribution < 1.29 is 9.47 Å². The molecule has 0 unspecified atom stereocenters. The number of benzene rings is 2. The molecule has 1 aliphatic heterocycles. The fraction of sp³-hybridized carbons (Fsp3) is 0.250. The molecule has 0 amide bonds. The average molecular weight is 334 g/mol. The minimum Gasteiger partial charge on any atom is -0.490 e. The van der Waals surface area contributed by atoms with E-state index in [1.54, 1.807) is 0 Å². The zero-order valence-electron chi connectivity index (χ0n) is 11.1. The van der Waals surface area contributed by atoms with E-state index in [0.29, 0.717) is 13.2 Å². The predicted octanol–water partition coefficient (Wildman–Crippen LogP) is 4.22. The average Bonchev–Trinajstić information content (AvgIpc) is 2.72. The maximum absolute atomic E-state index is 5.74. The molecule has 2 aromatic rings. The lowest BCUT2D eigenvalue weighted by molar-refractivity contribution is 0.296. The van der Waals surface area contributed by atoms with Gasteiger partial charge >= 0.3 is 0 Å². The molecule has 0 fully saturated rings. The van der Waals surface area contributed by atoms with E-state index < -0.39 is 0 Å². The summed E-state index contributed by atoms with van der Waals surface area (Å²) in [6.45, 7) is 2.15. The van der Waals surface area contributed by atoms with Crippen LogP contribution in [-0.2, 0) is 6.54 Å². The van der Waals surface area contributed by atoms with Crippen molar-refractivity contribution in [2.45, 2.75) is 13.0 Å². The Morgan fingerprint density at radius 2 is 1.85 bits per heavy atom. The van der Waals surface area contributed by atoms with E-state index in [4.69, 9.17) is 9.47 Å². The first-order valence-corrected chi connectivity index (χ1v) is 7.49. The van der Waals surface area contributed by atoms with Crippen LogP contribution >= 0.6 is 15.9 Å². The Kier molecular flexibility index (Phi) is 4.11. The van der Waals surface area contributed by atoms with Crippen LogP contribution in [0.5, 0.6) is 11.5 Å². The van der Waals surface area contributed by atoms with Crippen LogP contribution in [0.15, 0.2) is 46.9 Å². The SMILES string of the molecule is Brc1cc(CNc2ccccc2)cc2c1OCCCO2. The summed E-state index contributed by atoms with van der Waals surface area (Å²) in [5.41, 5.74) is 2.26. The Balaban J connectivity index is 1.77. The molecule has 0 saturated carbocycles. The lowest BCUT2D eigenvalue weighted by Gasteiger charge is -2.12. The number of nitrogens with one attached hydrogen (secondary N) is 1. The van der Waals surface area contributed by atoms with Crippen molar-refractivity contribution in [3.63, 3.8) is 0 Å². The van der Waals surface area contributed by atoms with Gasteiger partial charge in [-0.1, -0.05) is 18.2 Å². The third-order valence-corrected chi connectivity index (χ3v) is 3.72. The van der Waals surface area contributed by atoms with Crippen molar-refractivity contribution in [2.75, 3.05) is 18.5 Å². The molecular weight excluding hydrogens is 318 g/mol. The van der Waals surface area contributed by atoms with Crippen molar-refractivity contribution in [1.29, 1.82) is 0 Å². The van der Waals surface area contributed by atoms with E-state index in [9.17, 15) is 0 Å². The Hall–Kier alpha value is -1.68. The van der Waals surface area contributed by atoms with Crippen molar-refractivity contribution >= 4 is 21.6 Å². The van der Waals surface area contributed by atoms with Gasteiger partial charge in [-0.3, -0.25) is 0 Å². The highest BCUT2D eigenvalue weighted by Crippen LogP contribution is 2.38. The Morgan fingerprint density at radius 3 is 2.70 bits per heavy atom. The second-order valence-corrected chi connectivity index (χ2v) is 5.53. The predicted molar refractivity (Wildman–Crippen MR) is 83.5 cm³/mol. The summed E-state index contributed by atoms with van der Waals surface area (Å²) in [6, 6.07) is 14.3. The monoisotopic (exact) mass is 333 g/mol. The standard InChI is InChI=1S/C16H16BrNO2/c17-14-9-12(11-18-13-5-2-1-3-6-13)10-15-16(14)20-8-4-7-19-15/h1-3,5-6,9-10,18H,4,7-8,11H2. The fourth-order valence-electron chi connectivity index (χ4n) is 2.15. The molecule has 0 atom stereocenters. The van der Waals surface area contributed by atoms with Crippen LogP contribution < -0.4 is 14.8 Å². The smallest absolute Gasteiger partial charge is 0.175 e. The van der Waals surface area contributed by atoms with Gasteiger partial charge in [-0.2, -0.15) is 0 Å². The Morgan fingerprint density at radius 1 is 1.05 bits per heavy atom. The molecule has 0 saturated heterocycles. The molecule has 0 aromatic heterocycles. The number of hydrogen-bond acceptors (Lipinski definition) is 3. The number of para-hydroxylation sites is 1. The largest absolute Gasteiger partial charge is 0.490 e. The van der Waals surface area contributed by atoms with Gasteiger partial charge in [0.2, 0.25) is 0 Å². The van der Waals surface area contributed by atoms with Crippen LogP contribution in [0.1, 0.15) is 12.0 Å². The highest BCUT2D eigenvalue weighted by Gasteiger charge is 2.15. The van der Waals surface area contributed by atoms with Gasteiger partial charge in [0.1, 0.15) is 0 Å². The summed E-state index contributed by atoms with van der Waals surface area (Å²) in [5, 5.41) is 3.39. The van der Waals surface area contributed by atoms with Gasteiger partial charge < -0.3 is 14.8 Å². The molecule has 1 N–H and O–H groups in total.